The van der Waals surface area contributed by atoms with E-state index in [1.165, 1.54) is 0 Å². The van der Waals surface area contributed by atoms with Crippen molar-refractivity contribution < 1.29 is 8.78 Å². The van der Waals surface area contributed by atoms with Crippen molar-refractivity contribution in [2.24, 2.45) is 0 Å². The molecule has 0 aliphatic heterocycles. The molecule has 0 radical (unpaired) electrons. The molecule has 0 aliphatic carbocycles. The van der Waals surface area contributed by atoms with E-state index in [2.05, 4.69) is 22.5 Å². The lowest BCUT2D eigenvalue weighted by Gasteiger charge is -1.97. The molecule has 0 unspecified atom stereocenters. The van der Waals surface area contributed by atoms with Crippen molar-refractivity contribution >= 4 is 11.3 Å². The number of aromatic nitrogens is 1. The summed E-state index contributed by atoms with van der Waals surface area (Å²) in [6.45, 7) is 0. The lowest BCUT2D eigenvalue weighted by molar-refractivity contribution is 0.416. The maximum absolute atomic E-state index is 11.8. The molecule has 0 atom stereocenters. The van der Waals surface area contributed by atoms with E-state index in [9.17, 15) is 8.78 Å². The molecular weight excluding hydrogens is 276 g/mol. The third-order valence-electron chi connectivity index (χ3n) is 3.01. The number of hydrogen-bond donors (Lipinski definition) is 0. The Morgan fingerprint density at radius 1 is 1.10 bits per heavy atom. The fourth-order valence-corrected chi connectivity index (χ4v) is 2.83. The van der Waals surface area contributed by atoms with Crippen LogP contribution in [0, 0.1) is 0 Å². The Balaban J connectivity index is 1.75. The van der Waals surface area contributed by atoms with Gasteiger partial charge in [0.1, 0.15) is 0 Å². The van der Waals surface area contributed by atoms with Crippen molar-refractivity contribution in [1.29, 1.82) is 0 Å². The number of rotatable bonds is 7. The van der Waals surface area contributed by atoms with Crippen LogP contribution in [-0.2, 0) is 6.42 Å². The summed E-state index contributed by atoms with van der Waals surface area (Å²) in [5.41, 5.74) is 2.16. The third kappa shape index (κ3) is 4.85. The van der Waals surface area contributed by atoms with Crippen LogP contribution in [0.15, 0.2) is 47.9 Å². The minimum Gasteiger partial charge on any atom is -0.241 e. The number of benzene rings is 1. The summed E-state index contributed by atoms with van der Waals surface area (Å²) in [5, 5.41) is 3.20. The van der Waals surface area contributed by atoms with Crippen molar-refractivity contribution in [3.63, 3.8) is 0 Å². The van der Waals surface area contributed by atoms with Crippen LogP contribution in [0.2, 0.25) is 0 Å². The molecule has 1 aromatic carbocycles. The number of halogens is 2. The van der Waals surface area contributed by atoms with Gasteiger partial charge in [-0.15, -0.1) is 11.3 Å². The lowest BCUT2D eigenvalue weighted by atomic mass is 10.1. The maximum atomic E-state index is 11.8. The van der Waals surface area contributed by atoms with Gasteiger partial charge in [0.15, 0.2) is 0 Å². The zero-order valence-corrected chi connectivity index (χ0v) is 12.0. The minimum atomic E-state index is -1.57. The van der Waals surface area contributed by atoms with E-state index >= 15 is 0 Å². The quantitative estimate of drug-likeness (QED) is 0.597. The average Bonchev–Trinajstić information content (AvgIpc) is 2.92. The van der Waals surface area contributed by atoms with Crippen molar-refractivity contribution in [3.05, 3.63) is 52.9 Å². The van der Waals surface area contributed by atoms with Crippen LogP contribution in [-0.4, -0.2) is 4.98 Å². The van der Waals surface area contributed by atoms with Gasteiger partial charge in [0.05, 0.1) is 10.7 Å². The molecular formula is C16H17F2NS. The molecule has 0 amide bonds. The normalized spacial score (nSPS) is 10.5. The van der Waals surface area contributed by atoms with Gasteiger partial charge in [-0.3, -0.25) is 0 Å². The van der Waals surface area contributed by atoms with E-state index in [0.29, 0.717) is 6.42 Å². The van der Waals surface area contributed by atoms with Crippen molar-refractivity contribution in [1.82, 2.24) is 4.98 Å². The van der Waals surface area contributed by atoms with Gasteiger partial charge in [-0.25, -0.2) is 4.98 Å². The van der Waals surface area contributed by atoms with E-state index in [1.807, 2.05) is 18.2 Å². The summed E-state index contributed by atoms with van der Waals surface area (Å²) in [7, 11) is 0. The number of allylic oxidation sites excluding steroid dienone is 1. The van der Waals surface area contributed by atoms with Crippen LogP contribution in [0.3, 0.4) is 0 Å². The SMILES string of the molecule is FC(F)=CCCCCCc1nc(-c2ccccc2)cs1. The summed E-state index contributed by atoms with van der Waals surface area (Å²) in [4.78, 5) is 4.61. The van der Waals surface area contributed by atoms with Gasteiger partial charge in [0, 0.05) is 10.9 Å². The summed E-state index contributed by atoms with van der Waals surface area (Å²) in [5.74, 6) is 0. The van der Waals surface area contributed by atoms with Gasteiger partial charge in [-0.05, 0) is 31.8 Å². The number of aryl methyl sites for hydroxylation is 1. The predicted octanol–water partition coefficient (Wildman–Crippen LogP) is 5.69. The van der Waals surface area contributed by atoms with Crippen LogP contribution < -0.4 is 0 Å². The van der Waals surface area contributed by atoms with E-state index in [1.54, 1.807) is 11.3 Å². The van der Waals surface area contributed by atoms with Crippen LogP contribution in [0.1, 0.15) is 30.7 Å². The molecule has 0 fully saturated rings. The topological polar surface area (TPSA) is 12.9 Å². The molecule has 0 spiro atoms. The molecule has 20 heavy (non-hydrogen) atoms. The molecule has 106 valence electrons. The largest absolute Gasteiger partial charge is 0.266 e. The van der Waals surface area contributed by atoms with Crippen LogP contribution in [0.5, 0.6) is 0 Å². The molecule has 1 aromatic heterocycles. The molecule has 0 saturated heterocycles. The highest BCUT2D eigenvalue weighted by molar-refractivity contribution is 7.09. The van der Waals surface area contributed by atoms with Gasteiger partial charge < -0.3 is 0 Å². The summed E-state index contributed by atoms with van der Waals surface area (Å²) >= 11 is 1.67. The molecule has 0 N–H and O–H groups in total. The molecule has 1 heterocycles. The lowest BCUT2D eigenvalue weighted by Crippen LogP contribution is -1.85. The van der Waals surface area contributed by atoms with Gasteiger partial charge in [0.25, 0.3) is 6.08 Å². The fourth-order valence-electron chi connectivity index (χ4n) is 1.98. The fraction of sp³-hybridized carbons (Fsp3) is 0.312. The molecule has 2 aromatic rings. The Labute approximate surface area is 122 Å². The van der Waals surface area contributed by atoms with E-state index in [-0.39, 0.29) is 0 Å². The van der Waals surface area contributed by atoms with E-state index < -0.39 is 6.08 Å². The van der Waals surface area contributed by atoms with E-state index in [0.717, 1.165) is 48.0 Å². The summed E-state index contributed by atoms with van der Waals surface area (Å²) < 4.78 is 23.7. The first-order valence-corrected chi connectivity index (χ1v) is 7.64. The summed E-state index contributed by atoms with van der Waals surface area (Å²) in [6, 6.07) is 10.1. The number of thiazole rings is 1. The first-order valence-electron chi connectivity index (χ1n) is 6.76. The molecule has 4 heteroatoms. The van der Waals surface area contributed by atoms with Crippen LogP contribution >= 0.6 is 11.3 Å². The van der Waals surface area contributed by atoms with Crippen molar-refractivity contribution in [3.8, 4) is 11.3 Å². The number of unbranched alkanes of at least 4 members (excludes halogenated alkanes) is 3. The first-order chi connectivity index (χ1) is 9.75. The number of nitrogens with zero attached hydrogens (tertiary/aromatic N) is 1. The van der Waals surface area contributed by atoms with Gasteiger partial charge in [0.2, 0.25) is 0 Å². The Morgan fingerprint density at radius 2 is 1.90 bits per heavy atom. The third-order valence-corrected chi connectivity index (χ3v) is 3.92. The Bertz CT molecular complexity index is 545. The second-order valence-electron chi connectivity index (χ2n) is 4.59. The van der Waals surface area contributed by atoms with Crippen molar-refractivity contribution in [2.45, 2.75) is 32.1 Å². The summed E-state index contributed by atoms with van der Waals surface area (Å²) in [6.07, 6.45) is 3.60. The zero-order valence-electron chi connectivity index (χ0n) is 11.2. The molecule has 0 aliphatic rings. The van der Waals surface area contributed by atoms with Crippen LogP contribution in [0.25, 0.3) is 11.3 Å². The van der Waals surface area contributed by atoms with E-state index in [4.69, 9.17) is 0 Å². The Kier molecular flexibility index (Phi) is 5.87. The molecule has 2 rings (SSSR count). The van der Waals surface area contributed by atoms with Crippen molar-refractivity contribution in [2.75, 3.05) is 0 Å². The van der Waals surface area contributed by atoms with Gasteiger partial charge >= 0.3 is 0 Å². The molecule has 1 nitrogen and oxygen atoms in total. The highest BCUT2D eigenvalue weighted by Crippen LogP contribution is 2.22. The smallest absolute Gasteiger partial charge is 0.241 e. The van der Waals surface area contributed by atoms with Crippen LogP contribution in [0.4, 0.5) is 8.78 Å². The highest BCUT2D eigenvalue weighted by Gasteiger charge is 2.03. The first kappa shape index (κ1) is 14.9. The molecule has 0 saturated carbocycles. The number of hydrogen-bond acceptors (Lipinski definition) is 2. The monoisotopic (exact) mass is 293 g/mol. The Hall–Kier alpha value is -1.55. The maximum Gasteiger partial charge on any atom is 0.266 e. The van der Waals surface area contributed by atoms with Gasteiger partial charge in [-0.2, -0.15) is 8.78 Å². The highest BCUT2D eigenvalue weighted by atomic mass is 32.1. The standard InChI is InChI=1S/C16H17F2NS/c17-15(18)10-6-1-2-7-11-16-19-14(12-20-16)13-8-4-3-5-9-13/h3-5,8-10,12H,1-2,6-7,11H2. The zero-order chi connectivity index (χ0) is 14.2. The average molecular weight is 293 g/mol. The minimum absolute atomic E-state index is 0.468. The van der Waals surface area contributed by atoms with Gasteiger partial charge in [-0.1, -0.05) is 36.8 Å². The second-order valence-corrected chi connectivity index (χ2v) is 5.53. The predicted molar refractivity (Wildman–Crippen MR) is 80.0 cm³/mol. The second kappa shape index (κ2) is 7.90. The Morgan fingerprint density at radius 3 is 2.65 bits per heavy atom. The molecule has 0 bridgehead atoms.